The van der Waals surface area contributed by atoms with Gasteiger partial charge in [0.15, 0.2) is 28.8 Å². The van der Waals surface area contributed by atoms with Gasteiger partial charge in [0.2, 0.25) is 0 Å². The van der Waals surface area contributed by atoms with Gasteiger partial charge in [-0.25, -0.2) is 9.59 Å². The Morgan fingerprint density at radius 1 is 0.767 bits per heavy atom. The van der Waals surface area contributed by atoms with Crippen LogP contribution in [-0.2, 0) is 14.4 Å². The Labute approximate surface area is 260 Å². The number of allylic oxidation sites excluding steroid dienone is 3. The second-order valence-electron chi connectivity index (χ2n) is 9.08. The molecular formula is C31H38N2O8S2. The van der Waals surface area contributed by atoms with Crippen molar-refractivity contribution in [3.63, 3.8) is 0 Å². The van der Waals surface area contributed by atoms with Gasteiger partial charge in [-0.3, -0.25) is 4.79 Å². The Bertz CT molecular complexity index is 1340. The Balaban J connectivity index is 2.03. The van der Waals surface area contributed by atoms with Gasteiger partial charge in [0.05, 0.1) is 14.2 Å². The van der Waals surface area contributed by atoms with E-state index in [0.717, 1.165) is 17.6 Å². The van der Waals surface area contributed by atoms with E-state index in [1.54, 1.807) is 66.0 Å². The number of carbonyl (C=O) groups is 3. The number of hydrogen-bond donors (Lipinski definition) is 3. The normalized spacial score (nSPS) is 13.1. The summed E-state index contributed by atoms with van der Waals surface area (Å²) in [6, 6.07) is 8.17. The van der Waals surface area contributed by atoms with E-state index in [1.165, 1.54) is 32.4 Å². The summed E-state index contributed by atoms with van der Waals surface area (Å²) in [5, 5.41) is 10.2. The molecule has 0 aliphatic rings. The van der Waals surface area contributed by atoms with Crippen LogP contribution in [0.4, 0.5) is 0 Å². The first-order valence-electron chi connectivity index (χ1n) is 13.2. The summed E-state index contributed by atoms with van der Waals surface area (Å²) in [5.41, 5.74) is 13.0. The standard InChI is InChI=1S/C31H38N2O8S2/c1-38-28-17-20(7-11-26(28)40-30(36)24(32)13-15-42-3)5-9-22(34)19-23(35)10-6-21-8-12-27(29(18-21)39-2)41-31(37)25(33)14-16-43-4/h5-12,17-19,24-25,34H,13-16,32-33H2,1-4H3/b9-5+,10-6+,22-19-/t24-,25-/m1/s1. The predicted molar refractivity (Wildman–Crippen MR) is 173 cm³/mol. The molecule has 43 heavy (non-hydrogen) atoms. The number of methoxy groups -OCH3 is 2. The van der Waals surface area contributed by atoms with Crippen molar-refractivity contribution in [2.24, 2.45) is 11.5 Å². The zero-order valence-corrected chi connectivity index (χ0v) is 26.2. The number of hydrogen-bond acceptors (Lipinski definition) is 12. The molecule has 0 aliphatic heterocycles. The van der Waals surface area contributed by atoms with Gasteiger partial charge in [-0.05, 0) is 84.4 Å². The molecule has 0 spiro atoms. The van der Waals surface area contributed by atoms with Gasteiger partial charge in [-0.15, -0.1) is 0 Å². The van der Waals surface area contributed by atoms with Crippen LogP contribution < -0.4 is 30.4 Å². The molecule has 0 bridgehead atoms. The minimum Gasteiger partial charge on any atom is -0.508 e. The number of ketones is 1. The van der Waals surface area contributed by atoms with Crippen molar-refractivity contribution in [1.29, 1.82) is 0 Å². The molecule has 0 saturated heterocycles. The largest absolute Gasteiger partial charge is 0.508 e. The Morgan fingerprint density at radius 3 is 1.63 bits per heavy atom. The Hall–Kier alpha value is -3.71. The molecular weight excluding hydrogens is 592 g/mol. The number of ether oxygens (including phenoxy) is 4. The number of benzene rings is 2. The highest BCUT2D eigenvalue weighted by atomic mass is 32.2. The number of thioether (sulfide) groups is 2. The van der Waals surface area contributed by atoms with E-state index in [4.69, 9.17) is 30.4 Å². The lowest BCUT2D eigenvalue weighted by Gasteiger charge is -2.13. The molecule has 2 atom stereocenters. The summed E-state index contributed by atoms with van der Waals surface area (Å²) in [7, 11) is 2.88. The molecule has 2 aromatic rings. The summed E-state index contributed by atoms with van der Waals surface area (Å²) in [6.07, 6.45) is 11.6. The van der Waals surface area contributed by atoms with E-state index < -0.39 is 29.8 Å². The van der Waals surface area contributed by atoms with Crippen molar-refractivity contribution >= 4 is 53.4 Å². The fraction of sp³-hybridized carbons (Fsp3) is 0.323. The maximum absolute atomic E-state index is 12.4. The smallest absolute Gasteiger partial charge is 0.328 e. The summed E-state index contributed by atoms with van der Waals surface area (Å²) < 4.78 is 21.4. The van der Waals surface area contributed by atoms with Crippen LogP contribution in [0.15, 0.2) is 60.4 Å². The number of rotatable bonds is 17. The Morgan fingerprint density at radius 2 is 1.21 bits per heavy atom. The fourth-order valence-electron chi connectivity index (χ4n) is 3.44. The van der Waals surface area contributed by atoms with Crippen LogP contribution >= 0.6 is 23.5 Å². The molecule has 10 nitrogen and oxygen atoms in total. The van der Waals surface area contributed by atoms with Gasteiger partial charge in [-0.1, -0.05) is 24.3 Å². The second kappa shape index (κ2) is 18.7. The first kappa shape index (κ1) is 35.5. The number of esters is 2. The molecule has 2 aromatic carbocycles. The number of aliphatic hydroxyl groups is 1. The summed E-state index contributed by atoms with van der Waals surface area (Å²) in [5.74, 6) is 0.678. The van der Waals surface area contributed by atoms with Crippen LogP contribution in [0.2, 0.25) is 0 Å². The quantitative estimate of drug-likeness (QED) is 0.0744. The van der Waals surface area contributed by atoms with Gasteiger partial charge >= 0.3 is 11.9 Å². The highest BCUT2D eigenvalue weighted by molar-refractivity contribution is 7.98. The van der Waals surface area contributed by atoms with E-state index in [9.17, 15) is 19.5 Å². The third-order valence-electron chi connectivity index (χ3n) is 5.84. The molecule has 0 aromatic heterocycles. The average Bonchev–Trinajstić information content (AvgIpc) is 3.01. The van der Waals surface area contributed by atoms with Crippen LogP contribution in [0.3, 0.4) is 0 Å². The van der Waals surface area contributed by atoms with Crippen LogP contribution in [0, 0.1) is 0 Å². The summed E-state index contributed by atoms with van der Waals surface area (Å²) >= 11 is 3.18. The van der Waals surface area contributed by atoms with Crippen molar-refractivity contribution in [1.82, 2.24) is 0 Å². The lowest BCUT2D eigenvalue weighted by Crippen LogP contribution is -2.34. The van der Waals surface area contributed by atoms with Crippen molar-refractivity contribution in [2.45, 2.75) is 24.9 Å². The van der Waals surface area contributed by atoms with Crippen molar-refractivity contribution < 1.29 is 38.4 Å². The average molecular weight is 631 g/mol. The minimum atomic E-state index is -0.743. The maximum Gasteiger partial charge on any atom is 0.328 e. The van der Waals surface area contributed by atoms with Gasteiger partial charge in [0, 0.05) is 6.08 Å². The highest BCUT2D eigenvalue weighted by Crippen LogP contribution is 2.30. The highest BCUT2D eigenvalue weighted by Gasteiger charge is 2.19. The van der Waals surface area contributed by atoms with E-state index in [0.29, 0.717) is 35.5 Å². The zero-order valence-electron chi connectivity index (χ0n) is 24.6. The van der Waals surface area contributed by atoms with Gasteiger partial charge in [0.1, 0.15) is 17.8 Å². The molecule has 232 valence electrons. The van der Waals surface area contributed by atoms with Gasteiger partial charge in [0.25, 0.3) is 0 Å². The van der Waals surface area contributed by atoms with E-state index in [2.05, 4.69) is 0 Å². The summed E-state index contributed by atoms with van der Waals surface area (Å²) in [6.45, 7) is 0. The summed E-state index contributed by atoms with van der Waals surface area (Å²) in [4.78, 5) is 36.9. The molecule has 0 radical (unpaired) electrons. The van der Waals surface area contributed by atoms with Crippen LogP contribution in [-0.4, -0.2) is 73.1 Å². The lowest BCUT2D eigenvalue weighted by molar-refractivity contribution is -0.136. The first-order valence-corrected chi connectivity index (χ1v) is 16.0. The Kier molecular flexibility index (Phi) is 15.5. The van der Waals surface area contributed by atoms with Crippen LogP contribution in [0.5, 0.6) is 23.0 Å². The molecule has 0 fully saturated rings. The number of nitrogens with two attached hydrogens (primary N) is 2. The molecule has 0 aliphatic carbocycles. The lowest BCUT2D eigenvalue weighted by atomic mass is 10.1. The predicted octanol–water partition coefficient (Wildman–Crippen LogP) is 4.41. The fourth-order valence-corrected chi connectivity index (χ4v) is 4.42. The van der Waals surface area contributed by atoms with Crippen molar-refractivity contribution in [3.05, 3.63) is 71.5 Å². The third kappa shape index (κ3) is 12.2. The monoisotopic (exact) mass is 630 g/mol. The van der Waals surface area contributed by atoms with Crippen molar-refractivity contribution in [3.8, 4) is 23.0 Å². The number of aliphatic hydroxyl groups excluding tert-OH is 1. The third-order valence-corrected chi connectivity index (χ3v) is 7.13. The van der Waals surface area contributed by atoms with E-state index in [1.807, 2.05) is 12.5 Å². The molecule has 0 saturated carbocycles. The zero-order chi connectivity index (χ0) is 31.8. The van der Waals surface area contributed by atoms with E-state index in [-0.39, 0.29) is 17.3 Å². The van der Waals surface area contributed by atoms with Crippen molar-refractivity contribution in [2.75, 3.05) is 38.2 Å². The number of carbonyl (C=O) groups excluding carboxylic acids is 3. The van der Waals surface area contributed by atoms with E-state index >= 15 is 0 Å². The molecule has 0 unspecified atom stereocenters. The van der Waals surface area contributed by atoms with Crippen LogP contribution in [0.25, 0.3) is 12.2 Å². The minimum absolute atomic E-state index is 0.218. The van der Waals surface area contributed by atoms with Crippen LogP contribution in [0.1, 0.15) is 24.0 Å². The topological polar surface area (TPSA) is 160 Å². The molecule has 2 rings (SSSR count). The first-order chi connectivity index (χ1) is 20.6. The maximum atomic E-state index is 12.4. The van der Waals surface area contributed by atoms with Gasteiger partial charge in [-0.2, -0.15) is 23.5 Å². The van der Waals surface area contributed by atoms with Gasteiger partial charge < -0.3 is 35.5 Å². The molecule has 0 heterocycles. The molecule has 5 N–H and O–H groups in total. The SMILES string of the molecule is COc1cc(/C=C/C(=O)/C=C(O)/C=C/c2ccc(OC(=O)[C@H](N)CCSC)c(OC)c2)ccc1OC(=O)[C@H](N)CCSC. The molecule has 0 amide bonds. The second-order valence-corrected chi connectivity index (χ2v) is 11.0. The molecule has 12 heteroatoms.